The van der Waals surface area contributed by atoms with Crippen LogP contribution in [0.2, 0.25) is 0 Å². The maximum Gasteiger partial charge on any atom is 0.239 e. The number of amides is 1. The van der Waals surface area contributed by atoms with Gasteiger partial charge < -0.3 is 20.1 Å². The minimum Gasteiger partial charge on any atom is -0.395 e. The van der Waals surface area contributed by atoms with Gasteiger partial charge in [-0.05, 0) is 31.6 Å². The fraction of sp³-hybridized carbons (Fsp3) is 0.933. The number of fused-ring (bicyclic) bond motifs is 1. The predicted octanol–water partition coefficient (Wildman–Crippen LogP) is 0.765. The van der Waals surface area contributed by atoms with Crippen LogP contribution in [0.15, 0.2) is 0 Å². The number of aliphatic hydroxyl groups excluding tert-OH is 1. The highest BCUT2D eigenvalue weighted by Crippen LogP contribution is 2.32. The average Bonchev–Trinajstić information content (AvgIpc) is 2.50. The lowest BCUT2D eigenvalue weighted by Crippen LogP contribution is -2.56. The molecular formula is C15H28N2O3. The number of aliphatic hydroxyl groups is 1. The van der Waals surface area contributed by atoms with Crippen molar-refractivity contribution in [3.8, 4) is 0 Å². The van der Waals surface area contributed by atoms with E-state index in [1.165, 1.54) is 25.7 Å². The maximum atomic E-state index is 12.6. The summed E-state index contributed by atoms with van der Waals surface area (Å²) in [6, 6.07) is 0.447. The van der Waals surface area contributed by atoms with Gasteiger partial charge in [0.05, 0.1) is 19.3 Å². The van der Waals surface area contributed by atoms with Gasteiger partial charge in [-0.1, -0.05) is 12.8 Å². The lowest BCUT2D eigenvalue weighted by Gasteiger charge is -2.41. The Balaban J connectivity index is 1.89. The van der Waals surface area contributed by atoms with Gasteiger partial charge in [-0.25, -0.2) is 0 Å². The number of hydrogen-bond donors (Lipinski definition) is 2. The van der Waals surface area contributed by atoms with Crippen LogP contribution in [0, 0.1) is 5.92 Å². The number of rotatable bonds is 6. The average molecular weight is 284 g/mol. The SMILES string of the molecule is COCCN(CCO)C(=O)C1CCC2CCCCC2N1. The lowest BCUT2D eigenvalue weighted by molar-refractivity contribution is -0.136. The van der Waals surface area contributed by atoms with Gasteiger partial charge in [0.1, 0.15) is 0 Å². The smallest absolute Gasteiger partial charge is 0.239 e. The number of methoxy groups -OCH3 is 1. The van der Waals surface area contributed by atoms with Crippen LogP contribution in [0.1, 0.15) is 38.5 Å². The molecule has 0 aromatic heterocycles. The third-order valence-corrected chi connectivity index (χ3v) is 4.70. The second-order valence-electron chi connectivity index (χ2n) is 5.99. The molecule has 0 spiro atoms. The molecule has 1 saturated heterocycles. The van der Waals surface area contributed by atoms with Crippen molar-refractivity contribution >= 4 is 5.91 Å². The standard InChI is InChI=1S/C15H28N2O3/c1-20-11-9-17(8-10-18)15(19)14-7-6-12-4-2-3-5-13(12)16-14/h12-14,16,18H,2-11H2,1H3. The molecule has 116 valence electrons. The summed E-state index contributed by atoms with van der Waals surface area (Å²) in [5.41, 5.74) is 0. The van der Waals surface area contributed by atoms with E-state index < -0.39 is 0 Å². The van der Waals surface area contributed by atoms with E-state index in [4.69, 9.17) is 9.84 Å². The number of piperidine rings is 1. The van der Waals surface area contributed by atoms with Gasteiger partial charge in [0.25, 0.3) is 0 Å². The van der Waals surface area contributed by atoms with E-state index in [0.29, 0.717) is 25.7 Å². The summed E-state index contributed by atoms with van der Waals surface area (Å²) < 4.78 is 5.05. The molecule has 1 aliphatic heterocycles. The predicted molar refractivity (Wildman–Crippen MR) is 77.4 cm³/mol. The molecule has 1 amide bonds. The van der Waals surface area contributed by atoms with Crippen LogP contribution in [-0.4, -0.2) is 61.4 Å². The van der Waals surface area contributed by atoms with E-state index in [2.05, 4.69) is 5.32 Å². The quantitative estimate of drug-likeness (QED) is 0.756. The maximum absolute atomic E-state index is 12.6. The zero-order chi connectivity index (χ0) is 14.4. The fourth-order valence-corrected chi connectivity index (χ4v) is 3.56. The Morgan fingerprint density at radius 2 is 2.05 bits per heavy atom. The van der Waals surface area contributed by atoms with E-state index in [-0.39, 0.29) is 18.6 Å². The third-order valence-electron chi connectivity index (χ3n) is 4.70. The minimum atomic E-state index is -0.0715. The molecule has 20 heavy (non-hydrogen) atoms. The van der Waals surface area contributed by atoms with Crippen LogP contribution >= 0.6 is 0 Å². The van der Waals surface area contributed by atoms with Gasteiger partial charge in [-0.3, -0.25) is 4.79 Å². The van der Waals surface area contributed by atoms with Crippen molar-refractivity contribution in [2.24, 2.45) is 5.92 Å². The topological polar surface area (TPSA) is 61.8 Å². The first kappa shape index (κ1) is 15.7. The Kier molecular flexibility index (Phi) is 6.26. The number of nitrogens with zero attached hydrogens (tertiary/aromatic N) is 1. The van der Waals surface area contributed by atoms with Crippen LogP contribution in [0.3, 0.4) is 0 Å². The zero-order valence-corrected chi connectivity index (χ0v) is 12.5. The highest BCUT2D eigenvalue weighted by molar-refractivity contribution is 5.82. The van der Waals surface area contributed by atoms with E-state index in [0.717, 1.165) is 18.8 Å². The molecule has 0 bridgehead atoms. The summed E-state index contributed by atoms with van der Waals surface area (Å²) in [5, 5.41) is 12.7. The molecule has 2 rings (SSSR count). The van der Waals surface area contributed by atoms with Crippen molar-refractivity contribution in [1.82, 2.24) is 10.2 Å². The van der Waals surface area contributed by atoms with Gasteiger partial charge in [0.2, 0.25) is 5.91 Å². The lowest BCUT2D eigenvalue weighted by atomic mass is 9.77. The molecule has 1 saturated carbocycles. The van der Waals surface area contributed by atoms with Crippen LogP contribution in [-0.2, 0) is 9.53 Å². The molecule has 3 atom stereocenters. The van der Waals surface area contributed by atoms with Crippen LogP contribution in [0.25, 0.3) is 0 Å². The minimum absolute atomic E-state index is 0.00816. The van der Waals surface area contributed by atoms with E-state index in [1.807, 2.05) is 0 Å². The zero-order valence-electron chi connectivity index (χ0n) is 12.5. The number of nitrogens with one attached hydrogen (secondary N) is 1. The van der Waals surface area contributed by atoms with Gasteiger partial charge in [0.15, 0.2) is 0 Å². The third kappa shape index (κ3) is 3.93. The van der Waals surface area contributed by atoms with Crippen molar-refractivity contribution in [2.75, 3.05) is 33.4 Å². The summed E-state index contributed by atoms with van der Waals surface area (Å²) >= 11 is 0. The molecule has 0 aromatic carbocycles. The fourth-order valence-electron chi connectivity index (χ4n) is 3.56. The molecular weight excluding hydrogens is 256 g/mol. The summed E-state index contributed by atoms with van der Waals surface area (Å²) in [4.78, 5) is 14.3. The molecule has 1 aliphatic carbocycles. The van der Waals surface area contributed by atoms with Gasteiger partial charge >= 0.3 is 0 Å². The highest BCUT2D eigenvalue weighted by atomic mass is 16.5. The Bertz CT molecular complexity index is 311. The molecule has 1 heterocycles. The number of hydrogen-bond acceptors (Lipinski definition) is 4. The first-order valence-electron chi connectivity index (χ1n) is 7.91. The van der Waals surface area contributed by atoms with Crippen LogP contribution < -0.4 is 5.32 Å². The van der Waals surface area contributed by atoms with Crippen LogP contribution in [0.4, 0.5) is 0 Å². The van der Waals surface area contributed by atoms with Crippen molar-refractivity contribution in [3.63, 3.8) is 0 Å². The van der Waals surface area contributed by atoms with Crippen molar-refractivity contribution in [2.45, 2.75) is 50.6 Å². The molecule has 2 aliphatic rings. The summed E-state index contributed by atoms with van der Waals surface area (Å²) in [6.07, 6.45) is 7.21. The Labute approximate surface area is 121 Å². The molecule has 5 heteroatoms. The van der Waals surface area contributed by atoms with E-state index in [1.54, 1.807) is 12.0 Å². The Morgan fingerprint density at radius 1 is 1.25 bits per heavy atom. The largest absolute Gasteiger partial charge is 0.395 e. The molecule has 0 radical (unpaired) electrons. The second kappa shape index (κ2) is 7.96. The second-order valence-corrected chi connectivity index (χ2v) is 5.99. The molecule has 5 nitrogen and oxygen atoms in total. The van der Waals surface area contributed by atoms with Gasteiger partial charge in [0, 0.05) is 26.2 Å². The first-order valence-corrected chi connectivity index (χ1v) is 7.91. The highest BCUT2D eigenvalue weighted by Gasteiger charge is 2.35. The normalized spacial score (nSPS) is 29.8. The first-order chi connectivity index (χ1) is 9.76. The van der Waals surface area contributed by atoms with E-state index in [9.17, 15) is 4.79 Å². The number of carbonyl (C=O) groups is 1. The van der Waals surface area contributed by atoms with Gasteiger partial charge in [-0.15, -0.1) is 0 Å². The monoisotopic (exact) mass is 284 g/mol. The molecule has 2 fully saturated rings. The summed E-state index contributed by atoms with van der Waals surface area (Å²) in [5.74, 6) is 0.887. The Hall–Kier alpha value is -0.650. The number of carbonyl (C=O) groups excluding carboxylic acids is 1. The molecule has 2 N–H and O–H groups in total. The summed E-state index contributed by atoms with van der Waals surface area (Å²) in [6.45, 7) is 1.48. The van der Waals surface area contributed by atoms with Crippen LogP contribution in [0.5, 0.6) is 0 Å². The van der Waals surface area contributed by atoms with Crippen molar-refractivity contribution in [1.29, 1.82) is 0 Å². The molecule has 0 aromatic rings. The van der Waals surface area contributed by atoms with Gasteiger partial charge in [-0.2, -0.15) is 0 Å². The van der Waals surface area contributed by atoms with Crippen molar-refractivity contribution in [3.05, 3.63) is 0 Å². The van der Waals surface area contributed by atoms with E-state index >= 15 is 0 Å². The molecule has 3 unspecified atom stereocenters. The number of ether oxygens (including phenoxy) is 1. The Morgan fingerprint density at radius 3 is 2.80 bits per heavy atom. The van der Waals surface area contributed by atoms with Crippen molar-refractivity contribution < 1.29 is 14.6 Å². The summed E-state index contributed by atoms with van der Waals surface area (Å²) in [7, 11) is 1.63.